The Labute approximate surface area is 183 Å². The maximum Gasteiger partial charge on any atom is 0.282 e. The van der Waals surface area contributed by atoms with Crippen LogP contribution in [0.3, 0.4) is 0 Å². The largest absolute Gasteiger partial charge is 0.485 e. The number of aliphatic hydroxyl groups is 1. The van der Waals surface area contributed by atoms with E-state index < -0.39 is 30.0 Å². The number of ether oxygens (including phenoxy) is 1. The predicted octanol–water partition coefficient (Wildman–Crippen LogP) is 3.23. The van der Waals surface area contributed by atoms with E-state index >= 15 is 0 Å². The number of carbonyl (C=O) groups excluding carboxylic acids is 1. The van der Waals surface area contributed by atoms with Gasteiger partial charge in [-0.05, 0) is 50.6 Å². The molecule has 0 unspecified atom stereocenters. The molecule has 0 bridgehead atoms. The van der Waals surface area contributed by atoms with Gasteiger partial charge in [0.2, 0.25) is 0 Å². The summed E-state index contributed by atoms with van der Waals surface area (Å²) in [5.74, 6) is -0.393. The van der Waals surface area contributed by atoms with Gasteiger partial charge in [0.1, 0.15) is 23.6 Å². The second-order valence-corrected chi connectivity index (χ2v) is 7.80. The molecule has 0 aliphatic carbocycles. The number of hydrogen-bond acceptors (Lipinski definition) is 6. The topological polar surface area (TPSA) is 94.3 Å². The van der Waals surface area contributed by atoms with E-state index in [0.29, 0.717) is 17.0 Å². The van der Waals surface area contributed by atoms with Crippen LogP contribution in [-0.4, -0.2) is 38.7 Å². The first kappa shape index (κ1) is 23.2. The number of carbonyl (C=O) groups is 1. The van der Waals surface area contributed by atoms with Gasteiger partial charge in [0.25, 0.3) is 12.0 Å². The van der Waals surface area contributed by atoms with Crippen LogP contribution in [-0.2, 0) is 12.0 Å². The van der Waals surface area contributed by atoms with Crippen molar-refractivity contribution in [1.29, 1.82) is 0 Å². The number of Topliss-reactive ketones (excluding diaryl/α,β-unsaturated/α-hetero) is 1. The third kappa shape index (κ3) is 5.42. The molecule has 0 aliphatic rings. The zero-order valence-electron chi connectivity index (χ0n) is 17.9. The van der Waals surface area contributed by atoms with Gasteiger partial charge in [0.05, 0.1) is 17.0 Å². The van der Waals surface area contributed by atoms with Crippen molar-refractivity contribution in [3.63, 3.8) is 0 Å². The standard InChI is InChI=1S/C23H23F2N3O4/c1-14-10-16(18(29)11-15-8-9-20(26-12-15)23(2,3)31)22(30)28(27-14)17-6-4-5-7-19(17)32-13-21(24)25/h4-10,12,21,31H,11,13H2,1-3H3. The average Bonchev–Trinajstić information content (AvgIpc) is 2.73. The first-order chi connectivity index (χ1) is 15.1. The number of pyridine rings is 1. The number of hydrogen-bond donors (Lipinski definition) is 1. The van der Waals surface area contributed by atoms with Gasteiger partial charge in [0.15, 0.2) is 5.78 Å². The summed E-state index contributed by atoms with van der Waals surface area (Å²) in [6.07, 6.45) is -1.29. The molecule has 3 aromatic rings. The monoisotopic (exact) mass is 443 g/mol. The van der Waals surface area contributed by atoms with Crippen LogP contribution < -0.4 is 10.3 Å². The molecule has 0 saturated heterocycles. The average molecular weight is 443 g/mol. The normalized spacial score (nSPS) is 11.6. The number of para-hydroxylation sites is 2. The lowest BCUT2D eigenvalue weighted by Gasteiger charge is -2.16. The highest BCUT2D eigenvalue weighted by atomic mass is 19.3. The van der Waals surface area contributed by atoms with E-state index in [1.807, 2.05) is 0 Å². The van der Waals surface area contributed by atoms with Crippen molar-refractivity contribution in [2.45, 2.75) is 39.2 Å². The van der Waals surface area contributed by atoms with Crippen molar-refractivity contribution in [1.82, 2.24) is 14.8 Å². The van der Waals surface area contributed by atoms with Gasteiger partial charge in [0, 0.05) is 12.6 Å². The highest BCUT2D eigenvalue weighted by molar-refractivity contribution is 5.97. The van der Waals surface area contributed by atoms with Crippen LogP contribution in [0.5, 0.6) is 5.75 Å². The molecule has 0 amide bonds. The van der Waals surface area contributed by atoms with Crippen molar-refractivity contribution in [3.8, 4) is 11.4 Å². The zero-order chi connectivity index (χ0) is 23.5. The molecule has 7 nitrogen and oxygen atoms in total. The smallest absolute Gasteiger partial charge is 0.282 e. The molecule has 2 heterocycles. The van der Waals surface area contributed by atoms with Crippen molar-refractivity contribution in [2.75, 3.05) is 6.61 Å². The van der Waals surface area contributed by atoms with Gasteiger partial charge in [-0.25, -0.2) is 8.78 Å². The van der Waals surface area contributed by atoms with Crippen LogP contribution in [0.25, 0.3) is 5.69 Å². The van der Waals surface area contributed by atoms with Crippen molar-refractivity contribution >= 4 is 5.78 Å². The Hall–Kier alpha value is -3.46. The molecule has 9 heteroatoms. The maximum absolute atomic E-state index is 13.1. The van der Waals surface area contributed by atoms with Crippen LogP contribution in [0.15, 0.2) is 53.5 Å². The Bertz CT molecular complexity index is 1170. The summed E-state index contributed by atoms with van der Waals surface area (Å²) in [7, 11) is 0. The van der Waals surface area contributed by atoms with Gasteiger partial charge in [-0.15, -0.1) is 0 Å². The highest BCUT2D eigenvalue weighted by Gasteiger charge is 2.20. The molecule has 2 aromatic heterocycles. The summed E-state index contributed by atoms with van der Waals surface area (Å²) >= 11 is 0. The highest BCUT2D eigenvalue weighted by Crippen LogP contribution is 2.22. The maximum atomic E-state index is 13.1. The molecular weight excluding hydrogens is 420 g/mol. The quantitative estimate of drug-likeness (QED) is 0.537. The van der Waals surface area contributed by atoms with Crippen LogP contribution in [0.2, 0.25) is 0 Å². The zero-order valence-corrected chi connectivity index (χ0v) is 17.9. The number of rotatable bonds is 8. The third-order valence-corrected chi connectivity index (χ3v) is 4.61. The minimum atomic E-state index is -2.68. The summed E-state index contributed by atoms with van der Waals surface area (Å²) in [5.41, 5.74) is -0.305. The molecule has 0 spiro atoms. The lowest BCUT2D eigenvalue weighted by Crippen LogP contribution is -2.29. The molecule has 0 aliphatic heterocycles. The van der Waals surface area contributed by atoms with E-state index in [9.17, 15) is 23.5 Å². The van der Waals surface area contributed by atoms with E-state index in [0.717, 1.165) is 4.68 Å². The van der Waals surface area contributed by atoms with E-state index in [4.69, 9.17) is 4.74 Å². The summed E-state index contributed by atoms with van der Waals surface area (Å²) < 4.78 is 31.3. The van der Waals surface area contributed by atoms with Gasteiger partial charge in [-0.2, -0.15) is 9.78 Å². The summed E-state index contributed by atoms with van der Waals surface area (Å²) in [6.45, 7) is 3.99. The van der Waals surface area contributed by atoms with Crippen LogP contribution in [0.1, 0.15) is 41.2 Å². The fraction of sp³-hybridized carbons (Fsp3) is 0.304. The molecule has 3 rings (SSSR count). The molecular formula is C23H23F2N3O4. The molecule has 1 aromatic carbocycles. The molecule has 0 fully saturated rings. The molecule has 32 heavy (non-hydrogen) atoms. The minimum Gasteiger partial charge on any atom is -0.485 e. The SMILES string of the molecule is Cc1cc(C(=O)Cc2ccc(C(C)(C)O)nc2)c(=O)n(-c2ccccc2OCC(F)F)n1. The fourth-order valence-electron chi connectivity index (χ4n) is 3.06. The first-order valence-corrected chi connectivity index (χ1v) is 9.88. The van der Waals surface area contributed by atoms with E-state index in [-0.39, 0.29) is 23.4 Å². The summed E-state index contributed by atoms with van der Waals surface area (Å²) in [5, 5.41) is 14.2. The number of aryl methyl sites for hydroxylation is 1. The number of nitrogens with zero attached hydrogens (tertiary/aromatic N) is 3. The van der Waals surface area contributed by atoms with Crippen molar-refractivity contribution < 1.29 is 23.4 Å². The van der Waals surface area contributed by atoms with E-state index in [1.54, 1.807) is 45.0 Å². The van der Waals surface area contributed by atoms with E-state index in [2.05, 4.69) is 10.1 Å². The molecule has 0 radical (unpaired) electrons. The predicted molar refractivity (Wildman–Crippen MR) is 114 cm³/mol. The van der Waals surface area contributed by atoms with Crippen LogP contribution in [0.4, 0.5) is 8.78 Å². The number of alkyl halides is 2. The van der Waals surface area contributed by atoms with Gasteiger partial charge < -0.3 is 9.84 Å². The second kappa shape index (κ2) is 9.35. The third-order valence-electron chi connectivity index (χ3n) is 4.61. The Balaban J connectivity index is 1.94. The Morgan fingerprint density at radius 3 is 2.56 bits per heavy atom. The Kier molecular flexibility index (Phi) is 6.78. The molecule has 0 atom stereocenters. The lowest BCUT2D eigenvalue weighted by molar-refractivity contribution is 0.0738. The Morgan fingerprint density at radius 1 is 1.22 bits per heavy atom. The van der Waals surface area contributed by atoms with E-state index in [1.165, 1.54) is 24.4 Å². The lowest BCUT2D eigenvalue weighted by atomic mass is 10.0. The van der Waals surface area contributed by atoms with Gasteiger partial charge >= 0.3 is 0 Å². The number of aromatic nitrogens is 3. The van der Waals surface area contributed by atoms with Gasteiger partial charge in [-0.3, -0.25) is 14.6 Å². The summed E-state index contributed by atoms with van der Waals surface area (Å²) in [4.78, 5) is 30.1. The number of halogens is 2. The van der Waals surface area contributed by atoms with Crippen LogP contribution >= 0.6 is 0 Å². The first-order valence-electron chi connectivity index (χ1n) is 9.88. The van der Waals surface area contributed by atoms with Crippen molar-refractivity contribution in [3.05, 3.63) is 81.5 Å². The van der Waals surface area contributed by atoms with Crippen molar-refractivity contribution in [2.24, 2.45) is 0 Å². The second-order valence-electron chi connectivity index (χ2n) is 7.80. The Morgan fingerprint density at radius 2 is 1.94 bits per heavy atom. The number of ketones is 1. The molecule has 0 saturated carbocycles. The number of benzene rings is 1. The molecule has 168 valence electrons. The van der Waals surface area contributed by atoms with Crippen LogP contribution in [0, 0.1) is 6.92 Å². The minimum absolute atomic E-state index is 0.0535. The van der Waals surface area contributed by atoms with Gasteiger partial charge in [-0.1, -0.05) is 18.2 Å². The summed E-state index contributed by atoms with van der Waals surface area (Å²) in [6, 6.07) is 10.8. The fourth-order valence-corrected chi connectivity index (χ4v) is 3.06. The molecule has 1 N–H and O–H groups in total.